The Morgan fingerprint density at radius 2 is 1.91 bits per heavy atom. The van der Waals surface area contributed by atoms with E-state index in [1.165, 1.54) is 12.4 Å². The number of ether oxygens (including phenoxy) is 1. The first-order valence-corrected chi connectivity index (χ1v) is 7.52. The first kappa shape index (κ1) is 16.7. The molecule has 0 saturated carbocycles. The largest absolute Gasteiger partial charge is 0.492 e. The molecular weight excluding hydrogens is 292 g/mol. The van der Waals surface area contributed by atoms with Gasteiger partial charge in [0.05, 0.1) is 24.7 Å². The molecule has 1 amide bonds. The fraction of sp³-hybridized carbons (Fsp3) is 0.353. The Kier molecular flexibility index (Phi) is 5.16. The maximum Gasteiger partial charge on any atom is 0.271 e. The summed E-state index contributed by atoms with van der Waals surface area (Å²) in [6.45, 7) is 8.26. The number of anilines is 2. The van der Waals surface area contributed by atoms with Crippen LogP contribution in [0.15, 0.2) is 36.7 Å². The highest BCUT2D eigenvalue weighted by Gasteiger charge is 2.16. The van der Waals surface area contributed by atoms with Crippen LogP contribution in [0.25, 0.3) is 0 Å². The molecule has 0 fully saturated rings. The zero-order chi connectivity index (χ0) is 16.9. The van der Waals surface area contributed by atoms with Gasteiger partial charge in [0.1, 0.15) is 17.3 Å². The predicted molar refractivity (Wildman–Crippen MR) is 90.1 cm³/mol. The normalized spacial score (nSPS) is 11.0. The van der Waals surface area contributed by atoms with Crippen LogP contribution in [0.2, 0.25) is 0 Å². The molecule has 1 aromatic carbocycles. The number of nitrogens with zero attached hydrogens (tertiary/aromatic N) is 2. The molecule has 2 N–H and O–H groups in total. The first-order chi connectivity index (χ1) is 10.9. The molecule has 1 aromatic heterocycles. The summed E-state index contributed by atoms with van der Waals surface area (Å²) in [5, 5.41) is 5.99. The summed E-state index contributed by atoms with van der Waals surface area (Å²) in [5.41, 5.74) is 0.769. The summed E-state index contributed by atoms with van der Waals surface area (Å²) in [6, 6.07) is 7.59. The number of carbonyl (C=O) groups is 1. The van der Waals surface area contributed by atoms with E-state index in [2.05, 4.69) is 20.6 Å². The number of carbonyl (C=O) groups excluding carboxylic acids is 1. The number of aromatic nitrogens is 2. The summed E-state index contributed by atoms with van der Waals surface area (Å²) in [7, 11) is 0. The Bertz CT molecular complexity index is 663. The predicted octanol–water partition coefficient (Wildman–Crippen LogP) is 3.15. The Hall–Kier alpha value is -2.63. The van der Waals surface area contributed by atoms with Gasteiger partial charge in [0, 0.05) is 5.54 Å². The Morgan fingerprint density at radius 3 is 2.52 bits per heavy atom. The van der Waals surface area contributed by atoms with Crippen LogP contribution in [0.5, 0.6) is 5.75 Å². The summed E-state index contributed by atoms with van der Waals surface area (Å²) >= 11 is 0. The quantitative estimate of drug-likeness (QED) is 0.886. The van der Waals surface area contributed by atoms with E-state index in [0.29, 0.717) is 12.4 Å². The summed E-state index contributed by atoms with van der Waals surface area (Å²) < 4.78 is 5.55. The van der Waals surface area contributed by atoms with Crippen LogP contribution in [0, 0.1) is 0 Å². The van der Waals surface area contributed by atoms with Crippen LogP contribution < -0.4 is 15.4 Å². The van der Waals surface area contributed by atoms with Crippen molar-refractivity contribution in [1.82, 2.24) is 15.3 Å². The van der Waals surface area contributed by atoms with E-state index < -0.39 is 0 Å². The molecule has 2 aromatic rings. The molecule has 0 aliphatic rings. The summed E-state index contributed by atoms with van der Waals surface area (Å²) in [5.74, 6) is 1.04. The fourth-order valence-corrected chi connectivity index (χ4v) is 1.90. The second-order valence-corrected chi connectivity index (χ2v) is 6.05. The molecule has 6 nitrogen and oxygen atoms in total. The molecule has 0 aliphatic carbocycles. The molecule has 0 atom stereocenters. The van der Waals surface area contributed by atoms with Gasteiger partial charge in [-0.1, -0.05) is 12.1 Å². The van der Waals surface area contributed by atoms with Crippen LogP contribution in [0.4, 0.5) is 11.5 Å². The van der Waals surface area contributed by atoms with Gasteiger partial charge in [-0.3, -0.25) is 4.79 Å². The second-order valence-electron chi connectivity index (χ2n) is 6.05. The SMILES string of the molecule is CCOc1ccccc1Nc1cnc(C(=O)NC(C)(C)C)cn1. The van der Waals surface area contributed by atoms with Crippen molar-refractivity contribution in [3.63, 3.8) is 0 Å². The maximum absolute atomic E-state index is 12.0. The lowest BCUT2D eigenvalue weighted by molar-refractivity contribution is 0.0914. The molecule has 0 bridgehead atoms. The van der Waals surface area contributed by atoms with E-state index in [4.69, 9.17) is 4.74 Å². The summed E-state index contributed by atoms with van der Waals surface area (Å²) in [4.78, 5) is 20.4. The highest BCUT2D eigenvalue weighted by atomic mass is 16.5. The monoisotopic (exact) mass is 314 g/mol. The Morgan fingerprint density at radius 1 is 1.17 bits per heavy atom. The van der Waals surface area contributed by atoms with Crippen LogP contribution in [-0.2, 0) is 0 Å². The third kappa shape index (κ3) is 4.95. The van der Waals surface area contributed by atoms with Crippen molar-refractivity contribution in [3.8, 4) is 5.75 Å². The Balaban J connectivity index is 2.10. The first-order valence-electron chi connectivity index (χ1n) is 7.52. The van der Waals surface area contributed by atoms with Crippen molar-refractivity contribution >= 4 is 17.4 Å². The molecular formula is C17H22N4O2. The van der Waals surface area contributed by atoms with E-state index in [0.717, 1.165) is 11.4 Å². The summed E-state index contributed by atoms with van der Waals surface area (Å²) in [6.07, 6.45) is 2.98. The standard InChI is InChI=1S/C17H22N4O2/c1-5-23-14-9-7-6-8-12(14)20-15-11-18-13(10-19-15)16(22)21-17(2,3)4/h6-11H,5H2,1-4H3,(H,19,20)(H,21,22). The zero-order valence-corrected chi connectivity index (χ0v) is 13.9. The average Bonchev–Trinajstić information content (AvgIpc) is 2.48. The van der Waals surface area contributed by atoms with E-state index in [-0.39, 0.29) is 17.1 Å². The van der Waals surface area contributed by atoms with E-state index >= 15 is 0 Å². The van der Waals surface area contributed by atoms with Gasteiger partial charge in [-0.15, -0.1) is 0 Å². The maximum atomic E-state index is 12.0. The van der Waals surface area contributed by atoms with Crippen LogP contribution in [0.1, 0.15) is 38.2 Å². The molecule has 0 unspecified atom stereocenters. The molecule has 23 heavy (non-hydrogen) atoms. The number of rotatable bonds is 5. The number of hydrogen-bond acceptors (Lipinski definition) is 5. The number of hydrogen-bond donors (Lipinski definition) is 2. The van der Waals surface area contributed by atoms with E-state index in [1.807, 2.05) is 52.0 Å². The average molecular weight is 314 g/mol. The van der Waals surface area contributed by atoms with Crippen molar-refractivity contribution in [2.24, 2.45) is 0 Å². The van der Waals surface area contributed by atoms with Crippen molar-refractivity contribution in [1.29, 1.82) is 0 Å². The van der Waals surface area contributed by atoms with E-state index in [9.17, 15) is 4.79 Å². The van der Waals surface area contributed by atoms with Crippen molar-refractivity contribution in [2.45, 2.75) is 33.2 Å². The topological polar surface area (TPSA) is 76.1 Å². The van der Waals surface area contributed by atoms with Gasteiger partial charge in [-0.25, -0.2) is 9.97 Å². The second kappa shape index (κ2) is 7.09. The fourth-order valence-electron chi connectivity index (χ4n) is 1.90. The van der Waals surface area contributed by atoms with Crippen molar-refractivity contribution < 1.29 is 9.53 Å². The number of nitrogens with one attached hydrogen (secondary N) is 2. The molecule has 0 radical (unpaired) electrons. The number of amides is 1. The Labute approximate surface area is 136 Å². The van der Waals surface area contributed by atoms with Crippen molar-refractivity contribution in [3.05, 3.63) is 42.4 Å². The van der Waals surface area contributed by atoms with Gasteiger partial charge in [0.15, 0.2) is 0 Å². The molecule has 6 heteroatoms. The molecule has 0 aliphatic heterocycles. The third-order valence-corrected chi connectivity index (χ3v) is 2.82. The van der Waals surface area contributed by atoms with Gasteiger partial charge in [0.2, 0.25) is 0 Å². The van der Waals surface area contributed by atoms with E-state index in [1.54, 1.807) is 0 Å². The third-order valence-electron chi connectivity index (χ3n) is 2.82. The van der Waals surface area contributed by atoms with Gasteiger partial charge in [-0.05, 0) is 39.8 Å². The number of para-hydroxylation sites is 2. The lowest BCUT2D eigenvalue weighted by Gasteiger charge is -2.20. The zero-order valence-electron chi connectivity index (χ0n) is 13.9. The highest BCUT2D eigenvalue weighted by molar-refractivity contribution is 5.92. The lowest BCUT2D eigenvalue weighted by Crippen LogP contribution is -2.40. The minimum atomic E-state index is -0.313. The van der Waals surface area contributed by atoms with Gasteiger partial charge in [0.25, 0.3) is 5.91 Å². The van der Waals surface area contributed by atoms with Crippen molar-refractivity contribution in [2.75, 3.05) is 11.9 Å². The van der Waals surface area contributed by atoms with Gasteiger partial charge in [-0.2, -0.15) is 0 Å². The van der Waals surface area contributed by atoms with Crippen LogP contribution in [-0.4, -0.2) is 28.0 Å². The minimum Gasteiger partial charge on any atom is -0.492 e. The van der Waals surface area contributed by atoms with Gasteiger partial charge >= 0.3 is 0 Å². The lowest BCUT2D eigenvalue weighted by atomic mass is 10.1. The van der Waals surface area contributed by atoms with Gasteiger partial charge < -0.3 is 15.4 Å². The molecule has 0 saturated heterocycles. The molecule has 122 valence electrons. The highest BCUT2D eigenvalue weighted by Crippen LogP contribution is 2.26. The van der Waals surface area contributed by atoms with Crippen LogP contribution in [0.3, 0.4) is 0 Å². The molecule has 1 heterocycles. The van der Waals surface area contributed by atoms with Crippen LogP contribution >= 0.6 is 0 Å². The molecule has 0 spiro atoms. The smallest absolute Gasteiger partial charge is 0.271 e. The minimum absolute atomic E-state index is 0.244. The molecule has 2 rings (SSSR count). The number of benzene rings is 1.